The Balaban J connectivity index is 1.55. The number of amides is 1. The second-order valence-corrected chi connectivity index (χ2v) is 6.62. The van der Waals surface area contributed by atoms with E-state index in [4.69, 9.17) is 4.42 Å². The summed E-state index contributed by atoms with van der Waals surface area (Å²) < 4.78 is 5.74. The summed E-state index contributed by atoms with van der Waals surface area (Å²) in [6.45, 7) is 4.21. The molecule has 1 fully saturated rings. The van der Waals surface area contributed by atoms with Gasteiger partial charge in [-0.05, 0) is 48.9 Å². The van der Waals surface area contributed by atoms with E-state index in [1.807, 2.05) is 36.6 Å². The van der Waals surface area contributed by atoms with Gasteiger partial charge in [0.15, 0.2) is 0 Å². The van der Waals surface area contributed by atoms with Crippen LogP contribution in [0.25, 0.3) is 6.08 Å². The fourth-order valence-electron chi connectivity index (χ4n) is 2.40. The minimum Gasteiger partial charge on any atom is -0.461 e. The Morgan fingerprint density at radius 2 is 2.29 bits per heavy atom. The molecule has 0 aliphatic heterocycles. The Kier molecular flexibility index (Phi) is 3.97. The van der Waals surface area contributed by atoms with Crippen LogP contribution in [0.5, 0.6) is 0 Å². The van der Waals surface area contributed by atoms with Gasteiger partial charge >= 0.3 is 0 Å². The van der Waals surface area contributed by atoms with Crippen LogP contribution in [0, 0.1) is 5.92 Å². The Labute approximate surface area is 128 Å². The highest BCUT2D eigenvalue weighted by atomic mass is 32.1. The third-order valence-electron chi connectivity index (χ3n) is 3.85. The number of thiophene rings is 1. The van der Waals surface area contributed by atoms with Gasteiger partial charge < -0.3 is 9.73 Å². The van der Waals surface area contributed by atoms with E-state index in [1.165, 1.54) is 12.5 Å². The topological polar surface area (TPSA) is 42.2 Å². The largest absolute Gasteiger partial charge is 0.461 e. The Hall–Kier alpha value is -1.81. The van der Waals surface area contributed by atoms with Crippen LogP contribution in [-0.2, 0) is 4.79 Å². The van der Waals surface area contributed by atoms with Gasteiger partial charge in [0.2, 0.25) is 5.91 Å². The van der Waals surface area contributed by atoms with Gasteiger partial charge in [0.05, 0.1) is 6.04 Å². The number of nitrogens with one attached hydrogen (secondary N) is 1. The van der Waals surface area contributed by atoms with E-state index < -0.39 is 0 Å². The first-order valence-electron chi connectivity index (χ1n) is 7.25. The van der Waals surface area contributed by atoms with Crippen molar-refractivity contribution in [2.45, 2.75) is 32.2 Å². The minimum atomic E-state index is -0.103. The molecule has 3 unspecified atom stereocenters. The molecule has 0 spiro atoms. The van der Waals surface area contributed by atoms with E-state index in [0.29, 0.717) is 5.92 Å². The summed E-state index contributed by atoms with van der Waals surface area (Å²) in [5, 5.41) is 4.96. The second-order valence-electron chi connectivity index (χ2n) is 5.64. The number of rotatable bonds is 5. The molecule has 1 aliphatic carbocycles. The highest BCUT2D eigenvalue weighted by molar-refractivity contribution is 7.10. The van der Waals surface area contributed by atoms with E-state index in [1.54, 1.807) is 17.4 Å². The number of hydrogen-bond acceptors (Lipinski definition) is 3. The van der Waals surface area contributed by atoms with Crippen molar-refractivity contribution in [2.24, 2.45) is 5.92 Å². The molecular weight excluding hydrogens is 282 g/mol. The number of carbonyl (C=O) groups excluding carboxylic acids is 1. The summed E-state index contributed by atoms with van der Waals surface area (Å²) in [6.07, 6.45) is 4.46. The third-order valence-corrected chi connectivity index (χ3v) is 4.91. The molecular formula is C17H19NO2S. The zero-order valence-electron chi connectivity index (χ0n) is 12.2. The lowest BCUT2D eigenvalue weighted by Gasteiger charge is -2.09. The molecule has 2 heterocycles. The van der Waals surface area contributed by atoms with Gasteiger partial charge in [-0.15, -0.1) is 11.3 Å². The van der Waals surface area contributed by atoms with Crippen molar-refractivity contribution >= 4 is 23.3 Å². The first-order valence-corrected chi connectivity index (χ1v) is 8.13. The van der Waals surface area contributed by atoms with E-state index >= 15 is 0 Å². The fourth-order valence-corrected chi connectivity index (χ4v) is 3.14. The summed E-state index contributed by atoms with van der Waals surface area (Å²) in [5.41, 5.74) is 0. The summed E-state index contributed by atoms with van der Waals surface area (Å²) in [5.74, 6) is 2.97. The van der Waals surface area contributed by atoms with Gasteiger partial charge in [-0.25, -0.2) is 0 Å². The van der Waals surface area contributed by atoms with Crippen molar-refractivity contribution in [3.8, 4) is 0 Å². The molecule has 0 saturated heterocycles. The molecule has 1 N–H and O–H groups in total. The van der Waals surface area contributed by atoms with Crippen LogP contribution in [0.4, 0.5) is 0 Å². The van der Waals surface area contributed by atoms with Crippen LogP contribution in [0.2, 0.25) is 0 Å². The Morgan fingerprint density at radius 1 is 1.48 bits per heavy atom. The van der Waals surface area contributed by atoms with Crippen molar-refractivity contribution < 1.29 is 9.21 Å². The lowest BCUT2D eigenvalue weighted by molar-refractivity contribution is -0.117. The van der Waals surface area contributed by atoms with Gasteiger partial charge in [0.1, 0.15) is 11.5 Å². The van der Waals surface area contributed by atoms with Crippen LogP contribution in [0.3, 0.4) is 0 Å². The first-order chi connectivity index (χ1) is 10.1. The van der Waals surface area contributed by atoms with Crippen LogP contribution >= 0.6 is 11.3 Å². The SMILES string of the molecule is CC(NC(=O)/C=C/c1ccc(C2CC2C)o1)c1cccs1. The first kappa shape index (κ1) is 14.1. The molecule has 3 atom stereocenters. The minimum absolute atomic E-state index is 0.0293. The molecule has 3 nitrogen and oxygen atoms in total. The van der Waals surface area contributed by atoms with Gasteiger partial charge in [-0.1, -0.05) is 13.0 Å². The maximum Gasteiger partial charge on any atom is 0.244 e. The van der Waals surface area contributed by atoms with Crippen LogP contribution in [0.1, 0.15) is 48.6 Å². The van der Waals surface area contributed by atoms with Crippen molar-refractivity contribution in [2.75, 3.05) is 0 Å². The predicted molar refractivity (Wildman–Crippen MR) is 85.1 cm³/mol. The third kappa shape index (κ3) is 3.45. The molecule has 3 rings (SSSR count). The van der Waals surface area contributed by atoms with Gasteiger partial charge in [0, 0.05) is 16.9 Å². The highest BCUT2D eigenvalue weighted by Gasteiger charge is 2.36. The number of furan rings is 1. The van der Waals surface area contributed by atoms with Crippen molar-refractivity contribution in [3.63, 3.8) is 0 Å². The quantitative estimate of drug-likeness (QED) is 0.834. The molecule has 1 saturated carbocycles. The van der Waals surface area contributed by atoms with E-state index in [2.05, 4.69) is 12.2 Å². The van der Waals surface area contributed by atoms with Gasteiger partial charge in [-0.2, -0.15) is 0 Å². The number of hydrogen-bond donors (Lipinski definition) is 1. The molecule has 0 bridgehead atoms. The molecule has 110 valence electrons. The van der Waals surface area contributed by atoms with Crippen LogP contribution in [-0.4, -0.2) is 5.91 Å². The predicted octanol–water partition coefficient (Wildman–Crippen LogP) is 4.36. The molecule has 2 aromatic rings. The lowest BCUT2D eigenvalue weighted by atomic mass is 10.2. The Bertz CT molecular complexity index is 642. The fraction of sp³-hybridized carbons (Fsp3) is 0.353. The maximum atomic E-state index is 11.9. The van der Waals surface area contributed by atoms with Gasteiger partial charge in [0.25, 0.3) is 0 Å². The van der Waals surface area contributed by atoms with Crippen molar-refractivity contribution in [1.29, 1.82) is 0 Å². The maximum absolute atomic E-state index is 11.9. The zero-order chi connectivity index (χ0) is 14.8. The molecule has 1 aliphatic rings. The van der Waals surface area contributed by atoms with Crippen molar-refractivity contribution in [1.82, 2.24) is 5.32 Å². The van der Waals surface area contributed by atoms with Gasteiger partial charge in [-0.3, -0.25) is 4.79 Å². The smallest absolute Gasteiger partial charge is 0.244 e. The van der Waals surface area contributed by atoms with E-state index in [9.17, 15) is 4.79 Å². The molecule has 1 amide bonds. The van der Waals surface area contributed by atoms with Crippen LogP contribution in [0.15, 0.2) is 40.1 Å². The summed E-state index contributed by atoms with van der Waals surface area (Å²) in [7, 11) is 0. The highest BCUT2D eigenvalue weighted by Crippen LogP contribution is 2.47. The molecule has 4 heteroatoms. The molecule has 0 radical (unpaired) electrons. The second kappa shape index (κ2) is 5.90. The summed E-state index contributed by atoms with van der Waals surface area (Å²) >= 11 is 1.64. The zero-order valence-corrected chi connectivity index (χ0v) is 13.0. The average Bonchev–Trinajstić information content (AvgIpc) is 2.93. The lowest BCUT2D eigenvalue weighted by Crippen LogP contribution is -2.23. The summed E-state index contributed by atoms with van der Waals surface area (Å²) in [4.78, 5) is 13.0. The normalized spacial score (nSPS) is 22.4. The molecule has 2 aromatic heterocycles. The van der Waals surface area contributed by atoms with Crippen molar-refractivity contribution in [3.05, 3.63) is 52.1 Å². The average molecular weight is 301 g/mol. The van der Waals surface area contributed by atoms with E-state index in [-0.39, 0.29) is 11.9 Å². The van der Waals surface area contributed by atoms with Crippen LogP contribution < -0.4 is 5.32 Å². The molecule has 0 aromatic carbocycles. The summed E-state index contributed by atoms with van der Waals surface area (Å²) in [6, 6.07) is 7.98. The monoisotopic (exact) mass is 301 g/mol. The standard InChI is InChI=1S/C17H19NO2S/c1-11-10-14(11)15-7-5-13(20-15)6-8-17(19)18-12(2)16-4-3-9-21-16/h3-9,11-12,14H,10H2,1-2H3,(H,18,19)/b8-6+. The Morgan fingerprint density at radius 3 is 2.95 bits per heavy atom. The number of carbonyl (C=O) groups is 1. The van der Waals surface area contributed by atoms with E-state index in [0.717, 1.165) is 22.3 Å². The molecule has 21 heavy (non-hydrogen) atoms.